The molecule has 0 heterocycles. The van der Waals surface area contributed by atoms with Crippen LogP contribution in [0.2, 0.25) is 0 Å². The van der Waals surface area contributed by atoms with Crippen LogP contribution in [0.1, 0.15) is 42.3 Å². The third-order valence-electron chi connectivity index (χ3n) is 3.33. The number of carbonyl (C=O) groups excluding carboxylic acids is 1. The monoisotopic (exact) mass is 283 g/mol. The number of non-ortho nitro benzene ring substituents is 1. The van der Waals surface area contributed by atoms with Crippen molar-refractivity contribution in [3.05, 3.63) is 75.3 Å². The van der Waals surface area contributed by atoms with Gasteiger partial charge in [0.15, 0.2) is 5.78 Å². The van der Waals surface area contributed by atoms with Crippen molar-refractivity contribution in [3.63, 3.8) is 0 Å². The predicted octanol–water partition coefficient (Wildman–Crippen LogP) is 4.12. The summed E-state index contributed by atoms with van der Waals surface area (Å²) >= 11 is 0. The molecular weight excluding hydrogens is 266 g/mol. The van der Waals surface area contributed by atoms with Gasteiger partial charge in [-0.2, -0.15) is 0 Å². The smallest absolute Gasteiger partial charge is 0.270 e. The van der Waals surface area contributed by atoms with E-state index in [2.05, 4.69) is 20.8 Å². The first-order valence-electron chi connectivity index (χ1n) is 6.69. The molecule has 0 aliphatic carbocycles. The predicted molar refractivity (Wildman–Crippen MR) is 81.7 cm³/mol. The minimum atomic E-state index is -0.501. The lowest BCUT2D eigenvalue weighted by atomic mass is 9.86. The molecule has 0 saturated heterocycles. The zero-order chi connectivity index (χ0) is 15.6. The van der Waals surface area contributed by atoms with Gasteiger partial charge in [-0.15, -0.1) is 0 Å². The number of ketones is 1. The summed E-state index contributed by atoms with van der Waals surface area (Å²) in [6.45, 7) is 6.30. The van der Waals surface area contributed by atoms with Crippen LogP contribution in [-0.4, -0.2) is 10.7 Å². The summed E-state index contributed by atoms with van der Waals surface area (Å²) in [5, 5.41) is 10.8. The van der Waals surface area contributed by atoms with Gasteiger partial charge in [-0.1, -0.05) is 57.2 Å². The maximum Gasteiger partial charge on any atom is 0.270 e. The average Bonchev–Trinajstić information content (AvgIpc) is 2.46. The van der Waals surface area contributed by atoms with E-state index in [1.807, 2.05) is 12.1 Å². The fraction of sp³-hybridized carbons (Fsp3) is 0.235. The molecule has 2 rings (SSSR count). The second-order valence-electron chi connectivity index (χ2n) is 5.96. The van der Waals surface area contributed by atoms with Gasteiger partial charge in [0.25, 0.3) is 5.69 Å². The molecule has 4 heteroatoms. The average molecular weight is 283 g/mol. The Morgan fingerprint density at radius 2 is 1.62 bits per heavy atom. The first-order valence-corrected chi connectivity index (χ1v) is 6.69. The van der Waals surface area contributed by atoms with Crippen LogP contribution in [-0.2, 0) is 5.41 Å². The third-order valence-corrected chi connectivity index (χ3v) is 3.33. The highest BCUT2D eigenvalue weighted by Crippen LogP contribution is 2.23. The van der Waals surface area contributed by atoms with Crippen molar-refractivity contribution >= 4 is 11.5 Å². The van der Waals surface area contributed by atoms with E-state index in [-0.39, 0.29) is 16.9 Å². The molecule has 108 valence electrons. The number of nitro benzene ring substituents is 1. The van der Waals surface area contributed by atoms with Crippen molar-refractivity contribution in [2.75, 3.05) is 0 Å². The summed E-state index contributed by atoms with van der Waals surface area (Å²) in [7, 11) is 0. The maximum atomic E-state index is 12.4. The lowest BCUT2D eigenvalue weighted by molar-refractivity contribution is -0.384. The van der Waals surface area contributed by atoms with E-state index in [1.54, 1.807) is 18.2 Å². The molecular formula is C17H17NO3. The largest absolute Gasteiger partial charge is 0.289 e. The van der Waals surface area contributed by atoms with Crippen molar-refractivity contribution in [3.8, 4) is 0 Å². The van der Waals surface area contributed by atoms with Crippen LogP contribution in [0.25, 0.3) is 0 Å². The fourth-order valence-electron chi connectivity index (χ4n) is 2.05. The van der Waals surface area contributed by atoms with Crippen LogP contribution in [0.4, 0.5) is 5.69 Å². The molecule has 0 N–H and O–H groups in total. The summed E-state index contributed by atoms with van der Waals surface area (Å²) in [5.74, 6) is -0.209. The number of carbonyl (C=O) groups is 1. The van der Waals surface area contributed by atoms with Gasteiger partial charge in [0.05, 0.1) is 4.92 Å². The number of hydrogen-bond donors (Lipinski definition) is 0. The highest BCUT2D eigenvalue weighted by atomic mass is 16.6. The molecule has 0 spiro atoms. The summed E-state index contributed by atoms with van der Waals surface area (Å²) in [6, 6.07) is 13.2. The number of rotatable bonds is 3. The van der Waals surface area contributed by atoms with Crippen LogP contribution in [0.5, 0.6) is 0 Å². The van der Waals surface area contributed by atoms with Gasteiger partial charge in [0, 0.05) is 23.3 Å². The molecule has 0 unspecified atom stereocenters. The Bertz CT molecular complexity index is 682. The van der Waals surface area contributed by atoms with Crippen LogP contribution in [0, 0.1) is 10.1 Å². The summed E-state index contributed by atoms with van der Waals surface area (Å²) in [4.78, 5) is 22.6. The molecule has 4 nitrogen and oxygen atoms in total. The quantitative estimate of drug-likeness (QED) is 0.483. The Morgan fingerprint density at radius 1 is 1.00 bits per heavy atom. The Kier molecular flexibility index (Phi) is 3.89. The molecule has 0 aromatic heterocycles. The van der Waals surface area contributed by atoms with Crippen LogP contribution in [0.15, 0.2) is 48.5 Å². The van der Waals surface area contributed by atoms with E-state index in [0.717, 1.165) is 5.56 Å². The van der Waals surface area contributed by atoms with Gasteiger partial charge in [-0.3, -0.25) is 14.9 Å². The second kappa shape index (κ2) is 5.48. The third kappa shape index (κ3) is 3.34. The van der Waals surface area contributed by atoms with Crippen molar-refractivity contribution in [2.45, 2.75) is 26.2 Å². The van der Waals surface area contributed by atoms with E-state index in [1.165, 1.54) is 18.2 Å². The minimum Gasteiger partial charge on any atom is -0.289 e. The minimum absolute atomic E-state index is 0.0209. The standard InChI is InChI=1S/C17H17NO3/c1-17(2,3)14-9-7-12(8-10-14)16(19)13-5-4-6-15(11-13)18(20)21/h4-11H,1-3H3. The zero-order valence-corrected chi connectivity index (χ0v) is 12.3. The number of nitro groups is 1. The molecule has 0 amide bonds. The van der Waals surface area contributed by atoms with Gasteiger partial charge in [0.1, 0.15) is 0 Å². The normalized spacial score (nSPS) is 11.2. The van der Waals surface area contributed by atoms with Crippen LogP contribution in [0.3, 0.4) is 0 Å². The van der Waals surface area contributed by atoms with Crippen molar-refractivity contribution < 1.29 is 9.72 Å². The molecule has 21 heavy (non-hydrogen) atoms. The Balaban J connectivity index is 2.32. The summed E-state index contributed by atoms with van der Waals surface area (Å²) in [6.07, 6.45) is 0. The maximum absolute atomic E-state index is 12.4. The van der Waals surface area contributed by atoms with Crippen molar-refractivity contribution in [2.24, 2.45) is 0 Å². The van der Waals surface area contributed by atoms with E-state index in [9.17, 15) is 14.9 Å². The number of hydrogen-bond acceptors (Lipinski definition) is 3. The lowest BCUT2D eigenvalue weighted by Gasteiger charge is -2.18. The SMILES string of the molecule is CC(C)(C)c1ccc(C(=O)c2cccc([N+](=O)[O-])c2)cc1. The van der Waals surface area contributed by atoms with E-state index >= 15 is 0 Å². The van der Waals surface area contributed by atoms with E-state index < -0.39 is 4.92 Å². The Labute approximate surface area is 123 Å². The first-order chi connectivity index (χ1) is 9.79. The van der Waals surface area contributed by atoms with E-state index in [4.69, 9.17) is 0 Å². The topological polar surface area (TPSA) is 60.2 Å². The second-order valence-corrected chi connectivity index (χ2v) is 5.96. The molecule has 0 atom stereocenters. The van der Waals surface area contributed by atoms with Crippen LogP contribution < -0.4 is 0 Å². The Hall–Kier alpha value is -2.49. The van der Waals surface area contributed by atoms with E-state index in [0.29, 0.717) is 11.1 Å². The molecule has 0 bridgehead atoms. The van der Waals surface area contributed by atoms with Gasteiger partial charge >= 0.3 is 0 Å². The van der Waals surface area contributed by atoms with Gasteiger partial charge < -0.3 is 0 Å². The first kappa shape index (κ1) is 14.9. The fourth-order valence-corrected chi connectivity index (χ4v) is 2.05. The highest BCUT2D eigenvalue weighted by molar-refractivity contribution is 6.09. The molecule has 0 saturated carbocycles. The number of nitrogens with zero attached hydrogens (tertiary/aromatic N) is 1. The number of benzene rings is 2. The summed E-state index contributed by atoms with van der Waals surface area (Å²) < 4.78 is 0. The molecule has 0 aliphatic rings. The van der Waals surface area contributed by atoms with Gasteiger partial charge in [-0.25, -0.2) is 0 Å². The molecule has 2 aromatic carbocycles. The Morgan fingerprint density at radius 3 is 2.14 bits per heavy atom. The molecule has 2 aromatic rings. The molecule has 0 aliphatic heterocycles. The molecule has 0 radical (unpaired) electrons. The van der Waals surface area contributed by atoms with Gasteiger partial charge in [-0.05, 0) is 11.0 Å². The molecule has 0 fully saturated rings. The zero-order valence-electron chi connectivity index (χ0n) is 12.3. The van der Waals surface area contributed by atoms with Crippen molar-refractivity contribution in [1.82, 2.24) is 0 Å². The highest BCUT2D eigenvalue weighted by Gasteiger charge is 2.16. The van der Waals surface area contributed by atoms with Gasteiger partial charge in [0.2, 0.25) is 0 Å². The van der Waals surface area contributed by atoms with Crippen molar-refractivity contribution in [1.29, 1.82) is 0 Å². The summed E-state index contributed by atoms with van der Waals surface area (Å²) in [5.41, 5.74) is 1.94. The van der Waals surface area contributed by atoms with Crippen LogP contribution >= 0.6 is 0 Å². The lowest BCUT2D eigenvalue weighted by Crippen LogP contribution is -2.11.